The van der Waals surface area contributed by atoms with Crippen LogP contribution in [0.5, 0.6) is 5.75 Å². The number of hydrogen-bond acceptors (Lipinski definition) is 3. The van der Waals surface area contributed by atoms with Crippen LogP contribution in [0.4, 0.5) is 0 Å². The molecule has 0 unspecified atom stereocenters. The van der Waals surface area contributed by atoms with Crippen molar-refractivity contribution < 1.29 is 4.74 Å². The fourth-order valence-electron chi connectivity index (χ4n) is 2.64. The Labute approximate surface area is 186 Å². The number of nitrogens with one attached hydrogen (secondary N) is 2. The van der Waals surface area contributed by atoms with Gasteiger partial charge in [-0.1, -0.05) is 36.4 Å². The van der Waals surface area contributed by atoms with E-state index in [1.54, 1.807) is 6.21 Å². The summed E-state index contributed by atoms with van der Waals surface area (Å²) in [4.78, 5) is 0. The van der Waals surface area contributed by atoms with Crippen LogP contribution >= 0.6 is 44.1 Å². The SMILES string of the molecule is CCNC(=S)N/N=C\c1cc(Br)c(OCc2ccc3ccccc3c2)c(Br)c1. The van der Waals surface area contributed by atoms with Gasteiger partial charge in [-0.3, -0.25) is 5.43 Å². The number of benzene rings is 3. The Kier molecular flexibility index (Phi) is 7.42. The molecular formula is C21H19Br2N3OS. The van der Waals surface area contributed by atoms with E-state index in [1.165, 1.54) is 10.8 Å². The van der Waals surface area contributed by atoms with E-state index in [0.717, 1.165) is 32.4 Å². The van der Waals surface area contributed by atoms with Gasteiger partial charge in [-0.2, -0.15) is 5.10 Å². The summed E-state index contributed by atoms with van der Waals surface area (Å²) in [7, 11) is 0. The van der Waals surface area contributed by atoms with Crippen LogP contribution in [0.25, 0.3) is 10.8 Å². The number of halogens is 2. The fraction of sp³-hybridized carbons (Fsp3) is 0.143. The number of rotatable bonds is 6. The Balaban J connectivity index is 1.68. The average molecular weight is 521 g/mol. The summed E-state index contributed by atoms with van der Waals surface area (Å²) in [6, 6.07) is 18.5. The first-order valence-corrected chi connectivity index (χ1v) is 10.7. The van der Waals surface area contributed by atoms with E-state index in [2.05, 4.69) is 78.0 Å². The van der Waals surface area contributed by atoms with Crippen LogP contribution in [0.2, 0.25) is 0 Å². The van der Waals surface area contributed by atoms with Gasteiger partial charge in [0.25, 0.3) is 0 Å². The second-order valence-corrected chi connectivity index (χ2v) is 8.13. The lowest BCUT2D eigenvalue weighted by molar-refractivity contribution is 0.302. The zero-order chi connectivity index (χ0) is 19.9. The van der Waals surface area contributed by atoms with Gasteiger partial charge >= 0.3 is 0 Å². The van der Waals surface area contributed by atoms with Crippen molar-refractivity contribution in [3.63, 3.8) is 0 Å². The minimum atomic E-state index is 0.480. The number of thiocarbonyl (C=S) groups is 1. The Morgan fingerprint density at radius 3 is 2.50 bits per heavy atom. The first kappa shape index (κ1) is 20.8. The number of hydrazone groups is 1. The molecule has 0 saturated heterocycles. The largest absolute Gasteiger partial charge is 0.487 e. The van der Waals surface area contributed by atoms with Gasteiger partial charge in [-0.05, 0) is 91.1 Å². The summed E-state index contributed by atoms with van der Waals surface area (Å²) in [6.45, 7) is 3.21. The van der Waals surface area contributed by atoms with Crippen LogP contribution in [0.15, 0.2) is 68.6 Å². The van der Waals surface area contributed by atoms with E-state index in [0.29, 0.717) is 11.7 Å². The summed E-state index contributed by atoms with van der Waals surface area (Å²) in [5, 5.41) is 10.0. The molecule has 0 aliphatic carbocycles. The molecule has 0 amide bonds. The molecule has 0 aliphatic heterocycles. The molecule has 3 rings (SSSR count). The summed E-state index contributed by atoms with van der Waals surface area (Å²) in [6.07, 6.45) is 1.70. The zero-order valence-corrected chi connectivity index (χ0v) is 19.2. The minimum absolute atomic E-state index is 0.480. The van der Waals surface area contributed by atoms with Crippen molar-refractivity contribution in [1.82, 2.24) is 10.7 Å². The predicted octanol–water partition coefficient (Wildman–Crippen LogP) is 5.76. The molecule has 7 heteroatoms. The van der Waals surface area contributed by atoms with Crippen molar-refractivity contribution in [2.75, 3.05) is 6.54 Å². The summed E-state index contributed by atoms with van der Waals surface area (Å²) in [5.74, 6) is 0.751. The number of ether oxygens (including phenoxy) is 1. The van der Waals surface area contributed by atoms with E-state index in [-0.39, 0.29) is 0 Å². The zero-order valence-electron chi connectivity index (χ0n) is 15.2. The summed E-state index contributed by atoms with van der Waals surface area (Å²) >= 11 is 12.2. The Hall–Kier alpha value is -1.96. The summed E-state index contributed by atoms with van der Waals surface area (Å²) in [5.41, 5.74) is 4.80. The maximum atomic E-state index is 6.05. The van der Waals surface area contributed by atoms with Gasteiger partial charge in [0, 0.05) is 6.54 Å². The molecule has 0 aliphatic rings. The highest BCUT2D eigenvalue weighted by atomic mass is 79.9. The second-order valence-electron chi connectivity index (χ2n) is 6.01. The van der Waals surface area contributed by atoms with Crippen molar-refractivity contribution in [3.8, 4) is 5.75 Å². The molecule has 144 valence electrons. The van der Waals surface area contributed by atoms with Crippen LogP contribution in [-0.4, -0.2) is 17.9 Å². The molecule has 0 radical (unpaired) electrons. The van der Waals surface area contributed by atoms with Crippen molar-refractivity contribution in [3.05, 3.63) is 74.7 Å². The van der Waals surface area contributed by atoms with Crippen molar-refractivity contribution in [2.24, 2.45) is 5.10 Å². The molecule has 0 heterocycles. The molecule has 0 bridgehead atoms. The molecule has 0 fully saturated rings. The third-order valence-electron chi connectivity index (χ3n) is 3.93. The van der Waals surface area contributed by atoms with Crippen molar-refractivity contribution >= 4 is 66.2 Å². The number of hydrogen-bond donors (Lipinski definition) is 2. The monoisotopic (exact) mass is 519 g/mol. The average Bonchev–Trinajstić information content (AvgIpc) is 2.67. The molecule has 0 spiro atoms. The van der Waals surface area contributed by atoms with Crippen molar-refractivity contribution in [2.45, 2.75) is 13.5 Å². The van der Waals surface area contributed by atoms with Gasteiger partial charge in [-0.25, -0.2) is 0 Å². The molecule has 0 atom stereocenters. The molecule has 28 heavy (non-hydrogen) atoms. The van der Waals surface area contributed by atoms with E-state index in [9.17, 15) is 0 Å². The van der Waals surface area contributed by atoms with Crippen LogP contribution in [0, 0.1) is 0 Å². The van der Waals surface area contributed by atoms with Crippen LogP contribution < -0.4 is 15.5 Å². The third-order valence-corrected chi connectivity index (χ3v) is 5.35. The lowest BCUT2D eigenvalue weighted by Crippen LogP contribution is -2.31. The minimum Gasteiger partial charge on any atom is -0.487 e. The van der Waals surface area contributed by atoms with Crippen LogP contribution in [-0.2, 0) is 6.61 Å². The smallest absolute Gasteiger partial charge is 0.186 e. The first-order chi connectivity index (χ1) is 13.6. The highest BCUT2D eigenvalue weighted by Gasteiger charge is 2.09. The second kappa shape index (κ2) is 10.0. The quantitative estimate of drug-likeness (QED) is 0.246. The first-order valence-electron chi connectivity index (χ1n) is 8.73. The van der Waals surface area contributed by atoms with E-state index >= 15 is 0 Å². The van der Waals surface area contributed by atoms with Gasteiger partial charge in [0.1, 0.15) is 12.4 Å². The van der Waals surface area contributed by atoms with Gasteiger partial charge in [0.2, 0.25) is 0 Å². The lowest BCUT2D eigenvalue weighted by atomic mass is 10.1. The van der Waals surface area contributed by atoms with Gasteiger partial charge in [0.05, 0.1) is 15.2 Å². The van der Waals surface area contributed by atoms with Gasteiger partial charge in [0.15, 0.2) is 5.11 Å². The molecular weight excluding hydrogens is 502 g/mol. The lowest BCUT2D eigenvalue weighted by Gasteiger charge is -2.12. The highest BCUT2D eigenvalue weighted by Crippen LogP contribution is 2.35. The molecule has 2 N–H and O–H groups in total. The maximum absolute atomic E-state index is 6.05. The Morgan fingerprint density at radius 2 is 1.79 bits per heavy atom. The standard InChI is InChI=1S/C21H19Br2N3OS/c1-2-24-21(28)26-25-12-15-10-18(22)20(19(23)11-15)27-13-14-7-8-16-5-3-4-6-17(16)9-14/h3-12H,2,13H2,1H3,(H2,24,26,28)/b25-12-. The normalized spacial score (nSPS) is 11.0. The fourth-order valence-corrected chi connectivity index (χ4v) is 4.29. The molecule has 0 saturated carbocycles. The topological polar surface area (TPSA) is 45.7 Å². The highest BCUT2D eigenvalue weighted by molar-refractivity contribution is 9.11. The Morgan fingerprint density at radius 1 is 1.07 bits per heavy atom. The molecule has 0 aromatic heterocycles. The van der Waals surface area contributed by atoms with Crippen LogP contribution in [0.3, 0.4) is 0 Å². The molecule has 3 aromatic carbocycles. The maximum Gasteiger partial charge on any atom is 0.186 e. The summed E-state index contributed by atoms with van der Waals surface area (Å²) < 4.78 is 7.74. The number of fused-ring (bicyclic) bond motifs is 1. The van der Waals surface area contributed by atoms with Crippen LogP contribution in [0.1, 0.15) is 18.1 Å². The third kappa shape index (κ3) is 5.53. The van der Waals surface area contributed by atoms with E-state index in [4.69, 9.17) is 17.0 Å². The number of nitrogens with zero attached hydrogens (tertiary/aromatic N) is 1. The van der Waals surface area contributed by atoms with E-state index in [1.807, 2.05) is 31.2 Å². The van der Waals surface area contributed by atoms with Gasteiger partial charge in [-0.15, -0.1) is 0 Å². The van der Waals surface area contributed by atoms with Crippen molar-refractivity contribution in [1.29, 1.82) is 0 Å². The molecule has 4 nitrogen and oxygen atoms in total. The predicted molar refractivity (Wildman–Crippen MR) is 127 cm³/mol. The van der Waals surface area contributed by atoms with E-state index < -0.39 is 0 Å². The van der Waals surface area contributed by atoms with Gasteiger partial charge < -0.3 is 10.1 Å². The Bertz CT molecular complexity index is 1000. The molecule has 3 aromatic rings.